The first-order chi connectivity index (χ1) is 4.92. The van der Waals surface area contributed by atoms with Crippen molar-refractivity contribution in [2.24, 2.45) is 11.8 Å². The van der Waals surface area contributed by atoms with Crippen molar-refractivity contribution in [3.63, 3.8) is 0 Å². The Bertz CT molecular complexity index is 106. The summed E-state index contributed by atoms with van der Waals surface area (Å²) in [6.45, 7) is 0. The van der Waals surface area contributed by atoms with Crippen molar-refractivity contribution in [3.8, 4) is 0 Å². The molecular weight excluding hydrogens is 148 g/mol. The number of hydrogen-bond acceptors (Lipinski definition) is 1. The normalized spacial score (nSPS) is 44.7. The SMILES string of the molecule is Cl[C]OC1C2CCC1CC2. The highest BCUT2D eigenvalue weighted by Gasteiger charge is 2.42. The van der Waals surface area contributed by atoms with Crippen molar-refractivity contribution in [1.29, 1.82) is 0 Å². The molecule has 0 spiro atoms. The van der Waals surface area contributed by atoms with Gasteiger partial charge in [0, 0.05) is 0 Å². The van der Waals surface area contributed by atoms with E-state index in [0.717, 1.165) is 11.8 Å². The lowest BCUT2D eigenvalue weighted by molar-refractivity contribution is 0.0876. The summed E-state index contributed by atoms with van der Waals surface area (Å²) >= 11 is 5.27. The van der Waals surface area contributed by atoms with E-state index in [4.69, 9.17) is 16.3 Å². The molecule has 2 saturated carbocycles. The van der Waals surface area contributed by atoms with Gasteiger partial charge >= 0.3 is 0 Å². The molecule has 56 valence electrons. The van der Waals surface area contributed by atoms with Gasteiger partial charge in [-0.05, 0) is 37.5 Å². The number of fused-ring (bicyclic) bond motifs is 2. The number of halogens is 1. The van der Waals surface area contributed by atoms with Crippen molar-refractivity contribution in [2.45, 2.75) is 31.8 Å². The topological polar surface area (TPSA) is 9.23 Å². The second-order valence-electron chi connectivity index (χ2n) is 3.33. The summed E-state index contributed by atoms with van der Waals surface area (Å²) in [5.41, 5.74) is 0. The standard InChI is InChI=1S/C8H11ClO/c9-5-10-8-6-1-2-7(8)4-3-6/h6-8H,1-4H2. The molecule has 0 aliphatic heterocycles. The van der Waals surface area contributed by atoms with Gasteiger partial charge in [0.2, 0.25) is 6.07 Å². The Morgan fingerprint density at radius 2 is 1.60 bits per heavy atom. The molecule has 0 saturated heterocycles. The van der Waals surface area contributed by atoms with E-state index in [1.165, 1.54) is 25.7 Å². The van der Waals surface area contributed by atoms with Crippen LogP contribution in [-0.2, 0) is 4.74 Å². The number of ether oxygens (including phenoxy) is 1. The molecule has 2 aliphatic rings. The largest absolute Gasteiger partial charge is 0.348 e. The molecule has 0 aromatic heterocycles. The second kappa shape index (κ2) is 2.71. The average Bonchev–Trinajstić information content (AvgIpc) is 2.50. The minimum absolute atomic E-state index is 0.414. The fourth-order valence-corrected chi connectivity index (χ4v) is 2.53. The van der Waals surface area contributed by atoms with Crippen LogP contribution in [0.2, 0.25) is 0 Å². The van der Waals surface area contributed by atoms with Crippen LogP contribution in [0.25, 0.3) is 0 Å². The summed E-state index contributed by atoms with van der Waals surface area (Å²) in [4.78, 5) is 0. The molecule has 2 fully saturated rings. The minimum atomic E-state index is 0.414. The first kappa shape index (κ1) is 6.93. The third kappa shape index (κ3) is 0.960. The van der Waals surface area contributed by atoms with Gasteiger partial charge in [0.15, 0.2) is 0 Å². The molecule has 0 heterocycles. The molecular formula is C8H11ClO. The first-order valence-corrected chi connectivity index (χ1v) is 4.31. The van der Waals surface area contributed by atoms with Gasteiger partial charge in [-0.1, -0.05) is 11.6 Å². The maximum absolute atomic E-state index is 5.27. The lowest BCUT2D eigenvalue weighted by atomic mass is 10.0. The molecule has 1 nitrogen and oxygen atoms in total. The summed E-state index contributed by atoms with van der Waals surface area (Å²) in [5, 5.41) is 0. The molecule has 10 heavy (non-hydrogen) atoms. The van der Waals surface area contributed by atoms with E-state index in [-0.39, 0.29) is 0 Å². The summed E-state index contributed by atoms with van der Waals surface area (Å²) in [6, 6.07) is 2.28. The third-order valence-corrected chi connectivity index (χ3v) is 3.02. The molecule has 0 aromatic rings. The van der Waals surface area contributed by atoms with Crippen molar-refractivity contribution >= 4 is 11.6 Å². The molecule has 2 aliphatic carbocycles. The zero-order valence-electron chi connectivity index (χ0n) is 5.85. The van der Waals surface area contributed by atoms with Crippen molar-refractivity contribution < 1.29 is 4.74 Å². The Hall–Kier alpha value is 0.250. The second-order valence-corrected chi connectivity index (χ2v) is 3.49. The fraction of sp³-hybridized carbons (Fsp3) is 0.875. The summed E-state index contributed by atoms with van der Waals surface area (Å²) < 4.78 is 5.21. The molecule has 0 atom stereocenters. The molecule has 2 heteroatoms. The predicted molar refractivity (Wildman–Crippen MR) is 39.4 cm³/mol. The molecule has 0 aromatic carbocycles. The highest BCUT2D eigenvalue weighted by Crippen LogP contribution is 2.46. The van der Waals surface area contributed by atoms with Gasteiger partial charge in [-0.25, -0.2) is 0 Å². The van der Waals surface area contributed by atoms with E-state index in [1.54, 1.807) is 0 Å². The monoisotopic (exact) mass is 158 g/mol. The number of rotatable bonds is 2. The van der Waals surface area contributed by atoms with Crippen LogP contribution in [0.5, 0.6) is 0 Å². The minimum Gasteiger partial charge on any atom is -0.348 e. The van der Waals surface area contributed by atoms with E-state index in [9.17, 15) is 0 Å². The Morgan fingerprint density at radius 1 is 1.10 bits per heavy atom. The van der Waals surface area contributed by atoms with Crippen molar-refractivity contribution in [1.82, 2.24) is 0 Å². The van der Waals surface area contributed by atoms with Crippen LogP contribution in [0.1, 0.15) is 25.7 Å². The average molecular weight is 159 g/mol. The lowest BCUT2D eigenvalue weighted by Crippen LogP contribution is -2.15. The summed E-state index contributed by atoms with van der Waals surface area (Å²) in [5.74, 6) is 1.58. The van der Waals surface area contributed by atoms with Crippen LogP contribution in [0.15, 0.2) is 0 Å². The Labute approximate surface area is 66.7 Å². The first-order valence-electron chi connectivity index (χ1n) is 3.93. The predicted octanol–water partition coefficient (Wildman–Crippen LogP) is 2.43. The van der Waals surface area contributed by atoms with Crippen molar-refractivity contribution in [3.05, 3.63) is 6.07 Å². The van der Waals surface area contributed by atoms with Gasteiger partial charge in [-0.3, -0.25) is 0 Å². The Balaban J connectivity index is 1.96. The van der Waals surface area contributed by atoms with E-state index >= 15 is 0 Å². The van der Waals surface area contributed by atoms with Gasteiger partial charge < -0.3 is 4.74 Å². The Kier molecular flexibility index (Phi) is 1.88. The highest BCUT2D eigenvalue weighted by molar-refractivity contribution is 6.22. The Morgan fingerprint density at radius 3 is 2.00 bits per heavy atom. The van der Waals surface area contributed by atoms with Gasteiger partial charge in [0.05, 0.1) is 6.10 Å². The van der Waals surface area contributed by atoms with Crippen molar-refractivity contribution in [2.75, 3.05) is 0 Å². The van der Waals surface area contributed by atoms with E-state index in [1.807, 2.05) is 0 Å². The smallest absolute Gasteiger partial charge is 0.237 e. The highest BCUT2D eigenvalue weighted by atomic mass is 35.5. The van der Waals surface area contributed by atoms with Gasteiger partial charge in [0.25, 0.3) is 0 Å². The summed E-state index contributed by atoms with van der Waals surface area (Å²) in [7, 11) is 0. The molecule has 0 N–H and O–H groups in total. The molecule has 2 radical (unpaired) electrons. The quantitative estimate of drug-likeness (QED) is 0.600. The molecule has 0 unspecified atom stereocenters. The number of hydrogen-bond donors (Lipinski definition) is 0. The van der Waals surface area contributed by atoms with Gasteiger partial charge in [-0.15, -0.1) is 0 Å². The zero-order chi connectivity index (χ0) is 6.97. The third-order valence-electron chi connectivity index (χ3n) is 2.93. The fourth-order valence-electron chi connectivity index (χ4n) is 2.43. The van der Waals surface area contributed by atoms with E-state index in [2.05, 4.69) is 6.07 Å². The van der Waals surface area contributed by atoms with E-state index < -0.39 is 0 Å². The maximum Gasteiger partial charge on any atom is 0.237 e. The van der Waals surface area contributed by atoms with Gasteiger partial charge in [0.1, 0.15) is 0 Å². The summed E-state index contributed by atoms with van der Waals surface area (Å²) in [6.07, 6.45) is 5.78. The molecule has 2 rings (SSSR count). The zero-order valence-corrected chi connectivity index (χ0v) is 6.60. The van der Waals surface area contributed by atoms with E-state index in [0.29, 0.717) is 6.10 Å². The molecule has 0 amide bonds. The van der Waals surface area contributed by atoms with Gasteiger partial charge in [-0.2, -0.15) is 0 Å². The maximum atomic E-state index is 5.27. The van der Waals surface area contributed by atoms with Crippen LogP contribution >= 0.6 is 11.6 Å². The molecule has 2 bridgehead atoms. The lowest BCUT2D eigenvalue weighted by Gasteiger charge is -2.12. The van der Waals surface area contributed by atoms with Crippen LogP contribution in [0, 0.1) is 17.9 Å². The van der Waals surface area contributed by atoms with Crippen LogP contribution in [-0.4, -0.2) is 6.10 Å². The van der Waals surface area contributed by atoms with Crippen LogP contribution in [0.4, 0.5) is 0 Å². The van der Waals surface area contributed by atoms with Crippen LogP contribution < -0.4 is 0 Å². The van der Waals surface area contributed by atoms with Crippen LogP contribution in [0.3, 0.4) is 0 Å².